The van der Waals surface area contributed by atoms with Crippen LogP contribution in [0.2, 0.25) is 0 Å². The number of hydrogen-bond donors (Lipinski definition) is 1. The summed E-state index contributed by atoms with van der Waals surface area (Å²) in [5.74, 6) is -0.422. The Morgan fingerprint density at radius 1 is 1.33 bits per heavy atom. The van der Waals surface area contributed by atoms with Crippen LogP contribution in [0.25, 0.3) is 0 Å². The third kappa shape index (κ3) is 3.69. The summed E-state index contributed by atoms with van der Waals surface area (Å²) in [6.45, 7) is 2.53. The lowest BCUT2D eigenvalue weighted by atomic mass is 10.2. The number of benzene rings is 1. The molecule has 0 aliphatic carbocycles. The number of carbonyl (C=O) groups is 1. The number of nitrogens with one attached hydrogen (secondary N) is 1. The van der Waals surface area contributed by atoms with Gasteiger partial charge < -0.3 is 9.88 Å². The maximum atomic E-state index is 12.2. The number of hydrogen-bond acceptors (Lipinski definition) is 4. The summed E-state index contributed by atoms with van der Waals surface area (Å²) in [7, 11) is -3.42. The average Bonchev–Trinajstić information content (AvgIpc) is 3.00. The number of carbonyl (C=O) groups excluding carboxylic acids is 1. The highest BCUT2D eigenvalue weighted by Gasteiger charge is 2.20. The average molecular weight is 307 g/mol. The van der Waals surface area contributed by atoms with Gasteiger partial charge in [-0.05, 0) is 12.1 Å². The number of sulfone groups is 1. The predicted molar refractivity (Wildman–Crippen MR) is 78.7 cm³/mol. The molecule has 2 aromatic rings. The number of rotatable bonds is 6. The van der Waals surface area contributed by atoms with Crippen molar-refractivity contribution in [3.05, 3.63) is 48.5 Å². The maximum absolute atomic E-state index is 12.2. The molecule has 0 bridgehead atoms. The van der Waals surface area contributed by atoms with E-state index in [0.717, 1.165) is 0 Å². The monoisotopic (exact) mass is 307 g/mol. The Morgan fingerprint density at radius 3 is 2.76 bits per heavy atom. The third-order valence-corrected chi connectivity index (χ3v) is 4.85. The van der Waals surface area contributed by atoms with Crippen LogP contribution in [0.1, 0.15) is 17.3 Å². The first-order valence-corrected chi connectivity index (χ1v) is 8.25. The molecule has 1 aromatic carbocycles. The second-order valence-corrected chi connectivity index (χ2v) is 6.70. The van der Waals surface area contributed by atoms with Crippen LogP contribution in [-0.2, 0) is 16.4 Å². The summed E-state index contributed by atoms with van der Waals surface area (Å²) < 4.78 is 25.8. The zero-order valence-electron chi connectivity index (χ0n) is 11.7. The molecule has 1 amide bonds. The summed E-state index contributed by atoms with van der Waals surface area (Å²) in [6.07, 6.45) is 5.11. The molecule has 21 heavy (non-hydrogen) atoms. The van der Waals surface area contributed by atoms with E-state index in [-0.39, 0.29) is 22.1 Å². The van der Waals surface area contributed by atoms with Crippen LogP contribution >= 0.6 is 0 Å². The van der Waals surface area contributed by atoms with Gasteiger partial charge in [-0.3, -0.25) is 4.79 Å². The Morgan fingerprint density at radius 2 is 2.10 bits per heavy atom. The molecule has 0 aliphatic heterocycles. The van der Waals surface area contributed by atoms with Gasteiger partial charge in [-0.2, -0.15) is 0 Å². The minimum absolute atomic E-state index is 0.0354. The Labute approximate surface area is 123 Å². The number of aromatic nitrogens is 2. The molecule has 0 saturated carbocycles. The Hall–Kier alpha value is -2.15. The first-order valence-electron chi connectivity index (χ1n) is 6.60. The van der Waals surface area contributed by atoms with E-state index in [9.17, 15) is 13.2 Å². The van der Waals surface area contributed by atoms with Crippen molar-refractivity contribution in [3.8, 4) is 0 Å². The van der Waals surface area contributed by atoms with E-state index in [1.165, 1.54) is 12.1 Å². The molecular formula is C14H17N3O3S. The van der Waals surface area contributed by atoms with Crippen LogP contribution in [0.4, 0.5) is 0 Å². The van der Waals surface area contributed by atoms with Gasteiger partial charge in [-0.25, -0.2) is 13.4 Å². The Bertz CT molecular complexity index is 709. The van der Waals surface area contributed by atoms with Crippen LogP contribution in [0.5, 0.6) is 0 Å². The van der Waals surface area contributed by atoms with Gasteiger partial charge in [0.15, 0.2) is 9.84 Å². The quantitative estimate of drug-likeness (QED) is 0.866. The lowest BCUT2D eigenvalue weighted by molar-refractivity contribution is 0.0949. The third-order valence-electron chi connectivity index (χ3n) is 3.06. The van der Waals surface area contributed by atoms with Gasteiger partial charge in [0.25, 0.3) is 5.91 Å². The van der Waals surface area contributed by atoms with Crippen LogP contribution in [-0.4, -0.2) is 36.2 Å². The number of amides is 1. The molecule has 0 unspecified atom stereocenters. The Balaban J connectivity index is 2.09. The van der Waals surface area contributed by atoms with Gasteiger partial charge in [0.2, 0.25) is 0 Å². The van der Waals surface area contributed by atoms with Crippen LogP contribution in [0.15, 0.2) is 47.9 Å². The lowest BCUT2D eigenvalue weighted by Crippen LogP contribution is -2.28. The molecule has 7 heteroatoms. The highest BCUT2D eigenvalue weighted by molar-refractivity contribution is 7.91. The standard InChI is InChI=1S/C14H17N3O3S/c1-2-21(19,20)13-6-4-3-5-12(13)14(18)16-8-10-17-9-7-15-11-17/h3-7,9,11H,2,8,10H2,1H3,(H,16,18). The zero-order valence-corrected chi connectivity index (χ0v) is 12.5. The largest absolute Gasteiger partial charge is 0.350 e. The first kappa shape index (κ1) is 15.2. The highest BCUT2D eigenvalue weighted by Crippen LogP contribution is 2.16. The highest BCUT2D eigenvalue weighted by atomic mass is 32.2. The molecule has 0 spiro atoms. The van der Waals surface area contributed by atoms with Gasteiger partial charge >= 0.3 is 0 Å². The number of nitrogens with zero attached hydrogens (tertiary/aromatic N) is 2. The predicted octanol–water partition coefficient (Wildman–Crippen LogP) is 1.11. The van der Waals surface area contributed by atoms with E-state index in [2.05, 4.69) is 10.3 Å². The van der Waals surface area contributed by atoms with Crippen LogP contribution < -0.4 is 5.32 Å². The van der Waals surface area contributed by atoms with E-state index < -0.39 is 9.84 Å². The second kappa shape index (κ2) is 6.53. The summed E-state index contributed by atoms with van der Waals surface area (Å²) in [6, 6.07) is 6.25. The fourth-order valence-electron chi connectivity index (χ4n) is 1.89. The van der Waals surface area contributed by atoms with Gasteiger partial charge in [0.1, 0.15) is 0 Å². The van der Waals surface area contributed by atoms with E-state index in [4.69, 9.17) is 0 Å². The molecule has 0 saturated heterocycles. The molecule has 0 atom stereocenters. The van der Waals surface area contributed by atoms with E-state index in [1.807, 2.05) is 4.57 Å². The summed E-state index contributed by atoms with van der Waals surface area (Å²) in [5.41, 5.74) is 0.185. The minimum Gasteiger partial charge on any atom is -0.350 e. The van der Waals surface area contributed by atoms with Gasteiger partial charge in [0.05, 0.1) is 22.5 Å². The zero-order chi connectivity index (χ0) is 15.3. The van der Waals surface area contributed by atoms with Crippen molar-refractivity contribution in [1.82, 2.24) is 14.9 Å². The molecule has 2 rings (SSSR count). The van der Waals surface area contributed by atoms with Gasteiger partial charge in [-0.1, -0.05) is 19.1 Å². The van der Waals surface area contributed by atoms with Gasteiger partial charge in [0, 0.05) is 25.5 Å². The second-order valence-electron chi connectivity index (χ2n) is 4.46. The van der Waals surface area contributed by atoms with E-state index in [1.54, 1.807) is 37.8 Å². The van der Waals surface area contributed by atoms with Crippen molar-refractivity contribution < 1.29 is 13.2 Å². The molecule has 112 valence electrons. The van der Waals surface area contributed by atoms with Crippen molar-refractivity contribution in [3.63, 3.8) is 0 Å². The SMILES string of the molecule is CCS(=O)(=O)c1ccccc1C(=O)NCCn1ccnc1. The molecule has 0 fully saturated rings. The van der Waals surface area contributed by atoms with Crippen molar-refractivity contribution in [2.24, 2.45) is 0 Å². The first-order chi connectivity index (χ1) is 10.0. The molecule has 1 aromatic heterocycles. The van der Waals surface area contributed by atoms with Crippen molar-refractivity contribution >= 4 is 15.7 Å². The van der Waals surface area contributed by atoms with Crippen LogP contribution in [0.3, 0.4) is 0 Å². The molecule has 1 heterocycles. The normalized spacial score (nSPS) is 11.3. The molecule has 1 N–H and O–H groups in total. The maximum Gasteiger partial charge on any atom is 0.252 e. The molecular weight excluding hydrogens is 290 g/mol. The summed E-state index contributed by atoms with van der Waals surface area (Å²) in [5, 5.41) is 2.72. The van der Waals surface area contributed by atoms with Crippen molar-refractivity contribution in [2.45, 2.75) is 18.4 Å². The van der Waals surface area contributed by atoms with Crippen molar-refractivity contribution in [2.75, 3.05) is 12.3 Å². The van der Waals surface area contributed by atoms with Gasteiger partial charge in [-0.15, -0.1) is 0 Å². The molecule has 6 nitrogen and oxygen atoms in total. The summed E-state index contributed by atoms with van der Waals surface area (Å²) in [4.78, 5) is 16.1. The Kier molecular flexibility index (Phi) is 4.74. The fourth-order valence-corrected chi connectivity index (χ4v) is 2.99. The van der Waals surface area contributed by atoms with E-state index in [0.29, 0.717) is 13.1 Å². The van der Waals surface area contributed by atoms with Crippen molar-refractivity contribution in [1.29, 1.82) is 0 Å². The molecule has 0 aliphatic rings. The van der Waals surface area contributed by atoms with E-state index >= 15 is 0 Å². The summed E-state index contributed by atoms with van der Waals surface area (Å²) >= 11 is 0. The molecule has 0 radical (unpaired) electrons. The number of imidazole rings is 1. The fraction of sp³-hybridized carbons (Fsp3) is 0.286. The smallest absolute Gasteiger partial charge is 0.252 e. The topological polar surface area (TPSA) is 81.1 Å². The van der Waals surface area contributed by atoms with Crippen LogP contribution in [0, 0.1) is 0 Å². The minimum atomic E-state index is -3.42. The lowest BCUT2D eigenvalue weighted by Gasteiger charge is -2.10.